The van der Waals surface area contributed by atoms with E-state index in [1.807, 2.05) is 18.2 Å². The van der Waals surface area contributed by atoms with Crippen LogP contribution in [0.2, 0.25) is 0 Å². The molecule has 2 rings (SSSR count). The first-order valence-electron chi connectivity index (χ1n) is 4.81. The highest BCUT2D eigenvalue weighted by molar-refractivity contribution is 7.80. The number of phenolic OH excluding ortho intramolecular Hbond substituents is 1. The first-order chi connectivity index (χ1) is 7.77. The van der Waals surface area contributed by atoms with Crippen molar-refractivity contribution in [2.75, 3.05) is 0 Å². The quantitative estimate of drug-likeness (QED) is 0.801. The monoisotopic (exact) mass is 233 g/mol. The van der Waals surface area contributed by atoms with Crippen LogP contribution in [0.5, 0.6) is 11.5 Å². The summed E-state index contributed by atoms with van der Waals surface area (Å²) >= 11 is 4.16. The summed E-state index contributed by atoms with van der Waals surface area (Å²) in [5.74, 6) is 0.663. The Morgan fingerprint density at radius 1 is 1.19 bits per heavy atom. The topological polar surface area (TPSA) is 42.4 Å². The zero-order chi connectivity index (χ0) is 11.4. The van der Waals surface area contributed by atoms with Crippen LogP contribution in [-0.2, 0) is 6.61 Å². The first-order valence-corrected chi connectivity index (χ1v) is 5.26. The molecule has 0 radical (unpaired) electrons. The van der Waals surface area contributed by atoms with E-state index in [1.54, 1.807) is 24.4 Å². The van der Waals surface area contributed by atoms with Crippen molar-refractivity contribution in [1.29, 1.82) is 0 Å². The number of thiol groups is 1. The number of aromatic nitrogens is 1. The van der Waals surface area contributed by atoms with E-state index in [-0.39, 0.29) is 5.75 Å². The number of nitrogens with zero attached hydrogens (tertiary/aromatic N) is 1. The summed E-state index contributed by atoms with van der Waals surface area (Å²) in [5.41, 5.74) is 0.832. The maximum Gasteiger partial charge on any atom is 0.136 e. The third-order valence-electron chi connectivity index (χ3n) is 2.08. The van der Waals surface area contributed by atoms with Crippen LogP contribution < -0.4 is 4.74 Å². The van der Waals surface area contributed by atoms with Crippen molar-refractivity contribution in [3.63, 3.8) is 0 Å². The summed E-state index contributed by atoms with van der Waals surface area (Å²) in [6.07, 6.45) is 1.71. The molecule has 0 aliphatic heterocycles. The SMILES string of the molecule is Oc1cccc(OCc2ccccn2)c1S. The van der Waals surface area contributed by atoms with E-state index < -0.39 is 0 Å². The molecule has 1 N–H and O–H groups in total. The van der Waals surface area contributed by atoms with Crippen molar-refractivity contribution in [3.8, 4) is 11.5 Å². The third-order valence-corrected chi connectivity index (χ3v) is 2.53. The van der Waals surface area contributed by atoms with Crippen LogP contribution in [0.25, 0.3) is 0 Å². The fourth-order valence-corrected chi connectivity index (χ4v) is 1.48. The molecule has 0 spiro atoms. The number of hydrogen-bond donors (Lipinski definition) is 2. The van der Waals surface area contributed by atoms with Gasteiger partial charge >= 0.3 is 0 Å². The molecule has 4 heteroatoms. The number of aromatic hydroxyl groups is 1. The Bertz CT molecular complexity index is 474. The number of benzene rings is 1. The van der Waals surface area contributed by atoms with E-state index in [1.165, 1.54) is 0 Å². The second kappa shape index (κ2) is 4.90. The van der Waals surface area contributed by atoms with Gasteiger partial charge in [-0.1, -0.05) is 12.1 Å². The van der Waals surface area contributed by atoms with E-state index in [0.29, 0.717) is 17.3 Å². The molecular weight excluding hydrogens is 222 g/mol. The molecule has 0 aliphatic rings. The predicted molar refractivity (Wildman–Crippen MR) is 63.9 cm³/mol. The predicted octanol–water partition coefficient (Wildman–Crippen LogP) is 2.65. The Hall–Kier alpha value is -1.68. The molecule has 0 unspecified atom stereocenters. The fourth-order valence-electron chi connectivity index (χ4n) is 1.26. The average Bonchev–Trinajstić information content (AvgIpc) is 2.32. The van der Waals surface area contributed by atoms with Gasteiger partial charge in [-0.2, -0.15) is 0 Å². The smallest absolute Gasteiger partial charge is 0.136 e. The molecule has 1 aromatic carbocycles. The van der Waals surface area contributed by atoms with E-state index >= 15 is 0 Å². The molecule has 1 aromatic heterocycles. The minimum absolute atomic E-state index is 0.113. The Morgan fingerprint density at radius 2 is 2.06 bits per heavy atom. The number of hydrogen-bond acceptors (Lipinski definition) is 4. The van der Waals surface area contributed by atoms with Crippen LogP contribution in [0.1, 0.15) is 5.69 Å². The van der Waals surface area contributed by atoms with Gasteiger partial charge in [0.15, 0.2) is 0 Å². The van der Waals surface area contributed by atoms with Gasteiger partial charge in [0.1, 0.15) is 18.1 Å². The second-order valence-electron chi connectivity index (χ2n) is 3.23. The van der Waals surface area contributed by atoms with Crippen molar-refractivity contribution < 1.29 is 9.84 Å². The standard InChI is InChI=1S/C12H11NO2S/c14-10-5-3-6-11(12(10)16)15-8-9-4-1-2-7-13-9/h1-7,14,16H,8H2. The van der Waals surface area contributed by atoms with Crippen LogP contribution >= 0.6 is 12.6 Å². The van der Waals surface area contributed by atoms with Crippen molar-refractivity contribution in [2.24, 2.45) is 0 Å². The molecule has 0 atom stereocenters. The second-order valence-corrected chi connectivity index (χ2v) is 3.68. The first kappa shape index (κ1) is 10.8. The molecule has 82 valence electrons. The molecule has 0 fully saturated rings. The van der Waals surface area contributed by atoms with Crippen LogP contribution in [0.15, 0.2) is 47.5 Å². The van der Waals surface area contributed by atoms with E-state index in [2.05, 4.69) is 17.6 Å². The molecule has 0 saturated carbocycles. The van der Waals surface area contributed by atoms with Gasteiger partial charge in [-0.25, -0.2) is 0 Å². The normalized spacial score (nSPS) is 10.1. The van der Waals surface area contributed by atoms with E-state index in [9.17, 15) is 5.11 Å². The summed E-state index contributed by atoms with van der Waals surface area (Å²) < 4.78 is 5.50. The Labute approximate surface area is 99.1 Å². The van der Waals surface area contributed by atoms with Gasteiger partial charge in [0.2, 0.25) is 0 Å². The molecule has 0 aliphatic carbocycles. The fraction of sp³-hybridized carbons (Fsp3) is 0.0833. The number of phenols is 1. The Balaban J connectivity index is 2.08. The molecule has 0 saturated heterocycles. The highest BCUT2D eigenvalue weighted by Crippen LogP contribution is 2.31. The molecule has 16 heavy (non-hydrogen) atoms. The lowest BCUT2D eigenvalue weighted by Gasteiger charge is -2.08. The van der Waals surface area contributed by atoms with Gasteiger partial charge in [-0.3, -0.25) is 4.98 Å². The number of rotatable bonds is 3. The van der Waals surface area contributed by atoms with Crippen LogP contribution in [-0.4, -0.2) is 10.1 Å². The molecule has 0 bridgehead atoms. The highest BCUT2D eigenvalue weighted by Gasteiger charge is 2.04. The molecular formula is C12H11NO2S. The Morgan fingerprint density at radius 3 is 2.81 bits per heavy atom. The summed E-state index contributed by atoms with van der Waals surface area (Å²) in [5, 5.41) is 9.43. The van der Waals surface area contributed by atoms with Gasteiger partial charge < -0.3 is 9.84 Å². The van der Waals surface area contributed by atoms with Crippen LogP contribution in [0.3, 0.4) is 0 Å². The van der Waals surface area contributed by atoms with Gasteiger partial charge in [0.05, 0.1) is 10.6 Å². The zero-order valence-corrected chi connectivity index (χ0v) is 9.39. The number of ether oxygens (including phenoxy) is 1. The average molecular weight is 233 g/mol. The zero-order valence-electron chi connectivity index (χ0n) is 8.50. The molecule has 3 nitrogen and oxygen atoms in total. The lowest BCUT2D eigenvalue weighted by Crippen LogP contribution is -1.98. The van der Waals surface area contributed by atoms with E-state index in [4.69, 9.17) is 4.74 Å². The molecule has 2 aromatic rings. The third kappa shape index (κ3) is 2.46. The lowest BCUT2D eigenvalue weighted by atomic mass is 10.3. The van der Waals surface area contributed by atoms with Crippen molar-refractivity contribution in [3.05, 3.63) is 48.3 Å². The summed E-state index contributed by atoms with van der Waals surface area (Å²) in [7, 11) is 0. The van der Waals surface area contributed by atoms with Crippen molar-refractivity contribution in [2.45, 2.75) is 11.5 Å². The number of pyridine rings is 1. The van der Waals surface area contributed by atoms with E-state index in [0.717, 1.165) is 5.69 Å². The largest absolute Gasteiger partial charge is 0.507 e. The van der Waals surface area contributed by atoms with Gasteiger partial charge in [0, 0.05) is 6.20 Å². The summed E-state index contributed by atoms with van der Waals surface area (Å²) in [6.45, 7) is 0.359. The minimum Gasteiger partial charge on any atom is -0.507 e. The summed E-state index contributed by atoms with van der Waals surface area (Å²) in [6, 6.07) is 10.7. The molecule has 0 amide bonds. The minimum atomic E-state index is 0.113. The van der Waals surface area contributed by atoms with Crippen LogP contribution in [0, 0.1) is 0 Å². The van der Waals surface area contributed by atoms with Gasteiger partial charge in [-0.15, -0.1) is 12.6 Å². The molecule has 1 heterocycles. The van der Waals surface area contributed by atoms with Gasteiger partial charge in [-0.05, 0) is 24.3 Å². The van der Waals surface area contributed by atoms with Gasteiger partial charge in [0.25, 0.3) is 0 Å². The van der Waals surface area contributed by atoms with Crippen LogP contribution in [0.4, 0.5) is 0 Å². The highest BCUT2D eigenvalue weighted by atomic mass is 32.1. The Kier molecular flexibility index (Phi) is 3.31. The lowest BCUT2D eigenvalue weighted by molar-refractivity contribution is 0.291. The maximum absolute atomic E-state index is 9.43. The summed E-state index contributed by atoms with van der Waals surface area (Å²) in [4.78, 5) is 4.58. The van der Waals surface area contributed by atoms with Crippen molar-refractivity contribution >= 4 is 12.6 Å². The maximum atomic E-state index is 9.43. The van der Waals surface area contributed by atoms with Crippen molar-refractivity contribution in [1.82, 2.24) is 4.98 Å².